The smallest absolute Gasteiger partial charge is 0.376 e. The van der Waals surface area contributed by atoms with Crippen molar-refractivity contribution in [2.45, 2.75) is 19.4 Å². The Kier molecular flexibility index (Phi) is 3.84. The van der Waals surface area contributed by atoms with Gasteiger partial charge in [0.2, 0.25) is 17.3 Å². The van der Waals surface area contributed by atoms with Crippen LogP contribution in [0, 0.1) is 5.92 Å². The summed E-state index contributed by atoms with van der Waals surface area (Å²) in [7, 11) is 2.40. The van der Waals surface area contributed by atoms with Gasteiger partial charge in [-0.15, -0.1) is 0 Å². The molecule has 0 amide bonds. The maximum atomic E-state index is 11.6. The summed E-state index contributed by atoms with van der Waals surface area (Å²) < 4.78 is 19.9. The third-order valence-corrected chi connectivity index (χ3v) is 3.02. The van der Waals surface area contributed by atoms with Gasteiger partial charge in [0.15, 0.2) is 0 Å². The van der Waals surface area contributed by atoms with Crippen LogP contribution in [-0.4, -0.2) is 37.7 Å². The molecule has 104 valence electrons. The molecule has 1 fully saturated rings. The number of hydrogen-bond donors (Lipinski definition) is 0. The van der Waals surface area contributed by atoms with Gasteiger partial charge >= 0.3 is 11.9 Å². The molecule has 0 aromatic carbocycles. The van der Waals surface area contributed by atoms with Crippen LogP contribution < -0.4 is 0 Å². The molecule has 1 aromatic rings. The van der Waals surface area contributed by atoms with Crippen molar-refractivity contribution in [3.63, 3.8) is 0 Å². The minimum atomic E-state index is -0.773. The molecule has 2 atom stereocenters. The van der Waals surface area contributed by atoms with Crippen molar-refractivity contribution < 1.29 is 28.2 Å². The molecule has 0 radical (unpaired) electrons. The minimum absolute atomic E-state index is 0.188. The summed E-state index contributed by atoms with van der Waals surface area (Å²) in [5.74, 6) is -1.38. The van der Waals surface area contributed by atoms with E-state index in [9.17, 15) is 9.59 Å². The number of esters is 2. The lowest BCUT2D eigenvalue weighted by atomic mass is 10.0. The van der Waals surface area contributed by atoms with Crippen molar-refractivity contribution in [2.75, 3.05) is 20.8 Å². The fourth-order valence-corrected chi connectivity index (χ4v) is 1.94. The quantitative estimate of drug-likeness (QED) is 0.765. The van der Waals surface area contributed by atoms with Gasteiger partial charge < -0.3 is 18.6 Å². The first-order chi connectivity index (χ1) is 9.08. The molecule has 2 unspecified atom stereocenters. The van der Waals surface area contributed by atoms with Gasteiger partial charge in [0, 0.05) is 6.61 Å². The van der Waals surface area contributed by atoms with Crippen LogP contribution in [0.5, 0.6) is 0 Å². The molecule has 7 nitrogen and oxygen atoms in total. The van der Waals surface area contributed by atoms with Crippen LogP contribution in [0.2, 0.25) is 0 Å². The van der Waals surface area contributed by atoms with Gasteiger partial charge in [0.25, 0.3) is 0 Å². The Morgan fingerprint density at radius 3 is 2.47 bits per heavy atom. The molecule has 2 rings (SSSR count). The fourth-order valence-electron chi connectivity index (χ4n) is 1.94. The number of nitrogens with zero attached hydrogens (tertiary/aromatic N) is 1. The van der Waals surface area contributed by atoms with E-state index in [0.29, 0.717) is 6.61 Å². The van der Waals surface area contributed by atoms with E-state index in [2.05, 4.69) is 14.5 Å². The van der Waals surface area contributed by atoms with Crippen molar-refractivity contribution >= 4 is 11.9 Å². The van der Waals surface area contributed by atoms with Gasteiger partial charge in [-0.25, -0.2) is 14.6 Å². The largest absolute Gasteiger partial charge is 0.464 e. The van der Waals surface area contributed by atoms with Gasteiger partial charge in [-0.1, -0.05) is 6.92 Å². The van der Waals surface area contributed by atoms with E-state index in [0.717, 1.165) is 6.42 Å². The lowest BCUT2D eigenvalue weighted by Crippen LogP contribution is -2.10. The van der Waals surface area contributed by atoms with E-state index < -0.39 is 11.9 Å². The Bertz CT molecular complexity index is 461. The van der Waals surface area contributed by atoms with Gasteiger partial charge in [0.1, 0.15) is 6.10 Å². The monoisotopic (exact) mass is 269 g/mol. The zero-order valence-corrected chi connectivity index (χ0v) is 11.0. The normalized spacial score (nSPS) is 22.3. The van der Waals surface area contributed by atoms with Gasteiger partial charge in [-0.2, -0.15) is 0 Å². The molecule has 7 heteroatoms. The Labute approximate surface area is 109 Å². The third kappa shape index (κ3) is 2.46. The first-order valence-electron chi connectivity index (χ1n) is 5.87. The highest BCUT2D eigenvalue weighted by Crippen LogP contribution is 2.34. The third-order valence-electron chi connectivity index (χ3n) is 3.02. The molecule has 1 saturated heterocycles. The Balaban J connectivity index is 2.39. The van der Waals surface area contributed by atoms with E-state index in [-0.39, 0.29) is 29.4 Å². The average Bonchev–Trinajstić information content (AvgIpc) is 3.02. The van der Waals surface area contributed by atoms with Gasteiger partial charge in [-0.05, 0) is 12.3 Å². The molecule has 2 heterocycles. The van der Waals surface area contributed by atoms with Crippen molar-refractivity contribution in [1.29, 1.82) is 0 Å². The molecule has 1 aliphatic rings. The second-order valence-corrected chi connectivity index (χ2v) is 4.27. The molecule has 0 spiro atoms. The summed E-state index contributed by atoms with van der Waals surface area (Å²) in [6, 6.07) is 0. The highest BCUT2D eigenvalue weighted by molar-refractivity contribution is 5.99. The number of ether oxygens (including phenoxy) is 3. The zero-order valence-electron chi connectivity index (χ0n) is 11.0. The van der Waals surface area contributed by atoms with Gasteiger partial charge in [-0.3, -0.25) is 0 Å². The van der Waals surface area contributed by atoms with E-state index in [1.54, 1.807) is 0 Å². The predicted molar refractivity (Wildman–Crippen MR) is 61.7 cm³/mol. The van der Waals surface area contributed by atoms with Crippen LogP contribution in [0.15, 0.2) is 4.42 Å². The zero-order chi connectivity index (χ0) is 14.0. The molecule has 0 N–H and O–H groups in total. The number of aromatic nitrogens is 1. The molecule has 0 bridgehead atoms. The lowest BCUT2D eigenvalue weighted by Gasteiger charge is -2.09. The summed E-state index contributed by atoms with van der Waals surface area (Å²) in [6.45, 7) is 2.58. The maximum Gasteiger partial charge on any atom is 0.376 e. The van der Waals surface area contributed by atoms with Crippen molar-refractivity contribution in [3.05, 3.63) is 17.3 Å². The first kappa shape index (κ1) is 13.5. The maximum absolute atomic E-state index is 11.6. The number of methoxy groups -OCH3 is 2. The van der Waals surface area contributed by atoms with E-state index in [1.807, 2.05) is 6.92 Å². The molecule has 1 aliphatic heterocycles. The highest BCUT2D eigenvalue weighted by Gasteiger charge is 2.34. The minimum Gasteiger partial charge on any atom is -0.464 e. The van der Waals surface area contributed by atoms with Crippen LogP contribution in [0.4, 0.5) is 0 Å². The van der Waals surface area contributed by atoms with E-state index >= 15 is 0 Å². The molecule has 1 aromatic heterocycles. The van der Waals surface area contributed by atoms with Crippen LogP contribution in [0.1, 0.15) is 46.4 Å². The van der Waals surface area contributed by atoms with Crippen molar-refractivity contribution in [1.82, 2.24) is 4.98 Å². The van der Waals surface area contributed by atoms with Crippen LogP contribution in [-0.2, 0) is 14.2 Å². The standard InChI is InChI=1S/C12H15NO6/c1-6-4-5-18-8(6)10-13-7(11(14)16-2)9(19-10)12(15)17-3/h6,8H,4-5H2,1-3H3. The number of hydrogen-bond acceptors (Lipinski definition) is 7. The first-order valence-corrected chi connectivity index (χ1v) is 5.87. The number of rotatable bonds is 3. The highest BCUT2D eigenvalue weighted by atomic mass is 16.5. The number of carbonyl (C=O) groups excluding carboxylic acids is 2. The van der Waals surface area contributed by atoms with E-state index in [4.69, 9.17) is 9.15 Å². The summed E-state index contributed by atoms with van der Waals surface area (Å²) in [5, 5.41) is 0. The van der Waals surface area contributed by atoms with Crippen LogP contribution in [0.25, 0.3) is 0 Å². The second-order valence-electron chi connectivity index (χ2n) is 4.27. The summed E-state index contributed by atoms with van der Waals surface area (Å²) in [4.78, 5) is 27.1. The SMILES string of the molecule is COC(=O)c1nc(C2OCCC2C)oc1C(=O)OC. The summed E-state index contributed by atoms with van der Waals surface area (Å²) >= 11 is 0. The topological polar surface area (TPSA) is 87.9 Å². The number of oxazole rings is 1. The van der Waals surface area contributed by atoms with Crippen LogP contribution >= 0.6 is 0 Å². The lowest BCUT2D eigenvalue weighted by molar-refractivity contribution is 0.0503. The van der Waals surface area contributed by atoms with Crippen LogP contribution in [0.3, 0.4) is 0 Å². The number of carbonyl (C=O) groups is 2. The molecule has 0 saturated carbocycles. The van der Waals surface area contributed by atoms with Crippen molar-refractivity contribution in [2.24, 2.45) is 5.92 Å². The average molecular weight is 269 g/mol. The Morgan fingerprint density at radius 2 is 1.95 bits per heavy atom. The fraction of sp³-hybridized carbons (Fsp3) is 0.583. The molecular weight excluding hydrogens is 254 g/mol. The van der Waals surface area contributed by atoms with E-state index in [1.165, 1.54) is 14.2 Å². The summed E-state index contributed by atoms with van der Waals surface area (Å²) in [5.41, 5.74) is -0.188. The van der Waals surface area contributed by atoms with Gasteiger partial charge in [0.05, 0.1) is 14.2 Å². The second kappa shape index (κ2) is 5.40. The Morgan fingerprint density at radius 1 is 1.26 bits per heavy atom. The summed E-state index contributed by atoms with van der Waals surface area (Å²) in [6.07, 6.45) is 0.510. The Hall–Kier alpha value is -1.89. The predicted octanol–water partition coefficient (Wildman–Crippen LogP) is 1.35. The molecule has 0 aliphatic carbocycles. The van der Waals surface area contributed by atoms with Crippen molar-refractivity contribution in [3.8, 4) is 0 Å². The molecular formula is C12H15NO6. The molecule has 19 heavy (non-hydrogen) atoms.